The van der Waals surface area contributed by atoms with Crippen LogP contribution in [0.2, 0.25) is 0 Å². The highest BCUT2D eigenvalue weighted by molar-refractivity contribution is 5.74. The highest BCUT2D eigenvalue weighted by atomic mass is 16.5. The third kappa shape index (κ3) is 5.50. The fourth-order valence-electron chi connectivity index (χ4n) is 0.835. The molecule has 6 heteroatoms. The molecule has 0 rings (SSSR count). The number of nitrogens with one attached hydrogen (secondary N) is 1. The zero-order valence-corrected chi connectivity index (χ0v) is 8.28. The summed E-state index contributed by atoms with van der Waals surface area (Å²) < 4.78 is 9.08. The first-order valence-electron chi connectivity index (χ1n) is 4.13. The summed E-state index contributed by atoms with van der Waals surface area (Å²) in [4.78, 5) is 21.3. The average Bonchev–Trinajstić information content (AvgIpc) is 2.16. The van der Waals surface area contributed by atoms with Gasteiger partial charge < -0.3 is 19.9 Å². The van der Waals surface area contributed by atoms with Crippen LogP contribution in [0.25, 0.3) is 0 Å². The van der Waals surface area contributed by atoms with Crippen LogP contribution in [0, 0.1) is 0 Å². The number of carbonyl (C=O) groups excluding carboxylic acids is 1. The molecule has 0 aromatic carbocycles. The summed E-state index contributed by atoms with van der Waals surface area (Å²) >= 11 is 0. The fraction of sp³-hybridized carbons (Fsp3) is 0.750. The smallest absolute Gasteiger partial charge is 0.323 e. The number of hydrogen-bond donors (Lipinski definition) is 2. The molecule has 0 radical (unpaired) electrons. The molecule has 0 aliphatic heterocycles. The molecule has 0 spiro atoms. The molecule has 0 aromatic heterocycles. The molecule has 0 saturated heterocycles. The summed E-state index contributed by atoms with van der Waals surface area (Å²) in [5.41, 5.74) is 0. The predicted molar refractivity (Wildman–Crippen MR) is 47.9 cm³/mol. The van der Waals surface area contributed by atoms with Crippen molar-refractivity contribution in [1.82, 2.24) is 5.32 Å². The van der Waals surface area contributed by atoms with Gasteiger partial charge in [0.1, 0.15) is 6.04 Å². The molecule has 82 valence electrons. The van der Waals surface area contributed by atoms with E-state index in [0.29, 0.717) is 0 Å². The van der Waals surface area contributed by atoms with Gasteiger partial charge in [-0.15, -0.1) is 0 Å². The molecule has 6 nitrogen and oxygen atoms in total. The van der Waals surface area contributed by atoms with Gasteiger partial charge in [0.05, 0.1) is 20.1 Å². The van der Waals surface area contributed by atoms with E-state index in [9.17, 15) is 9.59 Å². The van der Waals surface area contributed by atoms with Crippen molar-refractivity contribution in [3.63, 3.8) is 0 Å². The number of esters is 1. The van der Waals surface area contributed by atoms with E-state index in [1.54, 1.807) is 0 Å². The minimum atomic E-state index is -1.00. The Morgan fingerprint density at radius 1 is 1.43 bits per heavy atom. The lowest BCUT2D eigenvalue weighted by molar-refractivity contribution is -0.143. The molecule has 1 atom stereocenters. The summed E-state index contributed by atoms with van der Waals surface area (Å²) in [5.74, 6) is -1.38. The molecule has 2 N–H and O–H groups in total. The van der Waals surface area contributed by atoms with Crippen molar-refractivity contribution < 1.29 is 24.2 Å². The molecule has 0 amide bonds. The molecule has 1 unspecified atom stereocenters. The number of methoxy groups -OCH3 is 2. The van der Waals surface area contributed by atoms with Gasteiger partial charge in [0.25, 0.3) is 0 Å². The van der Waals surface area contributed by atoms with Crippen molar-refractivity contribution in [2.75, 3.05) is 27.4 Å². The Labute approximate surface area is 82.2 Å². The topological polar surface area (TPSA) is 84.9 Å². The maximum atomic E-state index is 10.7. The third-order valence-corrected chi connectivity index (χ3v) is 1.58. The van der Waals surface area contributed by atoms with Crippen LogP contribution < -0.4 is 5.32 Å². The van der Waals surface area contributed by atoms with Gasteiger partial charge in [-0.25, -0.2) is 0 Å². The maximum absolute atomic E-state index is 10.7. The lowest BCUT2D eigenvalue weighted by Crippen LogP contribution is -2.41. The van der Waals surface area contributed by atoms with E-state index in [1.807, 2.05) is 0 Å². The van der Waals surface area contributed by atoms with E-state index < -0.39 is 12.0 Å². The molecule has 0 bridgehead atoms. The second-order valence-electron chi connectivity index (χ2n) is 2.63. The molecule has 0 aromatic rings. The van der Waals surface area contributed by atoms with Crippen molar-refractivity contribution in [2.45, 2.75) is 12.5 Å². The predicted octanol–water partition coefficient (Wildman–Crippen LogP) is -0.761. The van der Waals surface area contributed by atoms with E-state index in [-0.39, 0.29) is 25.5 Å². The first-order valence-corrected chi connectivity index (χ1v) is 4.13. The second-order valence-corrected chi connectivity index (χ2v) is 2.63. The summed E-state index contributed by atoms with van der Waals surface area (Å²) in [5, 5.41) is 11.3. The number of carbonyl (C=O) groups is 2. The minimum absolute atomic E-state index is 0.0660. The fourth-order valence-corrected chi connectivity index (χ4v) is 0.835. The monoisotopic (exact) mass is 205 g/mol. The van der Waals surface area contributed by atoms with Crippen molar-refractivity contribution in [2.24, 2.45) is 0 Å². The third-order valence-electron chi connectivity index (χ3n) is 1.58. The summed E-state index contributed by atoms with van der Waals surface area (Å²) in [6.45, 7) is 0.323. The van der Waals surface area contributed by atoms with Crippen molar-refractivity contribution in [3.05, 3.63) is 0 Å². The van der Waals surface area contributed by atoms with Crippen LogP contribution in [0.3, 0.4) is 0 Å². The van der Waals surface area contributed by atoms with Crippen LogP contribution >= 0.6 is 0 Å². The molecular weight excluding hydrogens is 190 g/mol. The van der Waals surface area contributed by atoms with Crippen LogP contribution in [-0.4, -0.2) is 50.5 Å². The van der Waals surface area contributed by atoms with Gasteiger partial charge in [-0.2, -0.15) is 0 Å². The van der Waals surface area contributed by atoms with Crippen molar-refractivity contribution in [3.8, 4) is 0 Å². The number of ether oxygens (including phenoxy) is 2. The van der Waals surface area contributed by atoms with Crippen LogP contribution in [0.1, 0.15) is 6.42 Å². The van der Waals surface area contributed by atoms with E-state index in [0.717, 1.165) is 0 Å². The second kappa shape index (κ2) is 7.28. The standard InChI is InChI=1S/C8H15NO5/c1-13-5-6(8(11)12)9-4-3-7(10)14-2/h6,9H,3-5H2,1-2H3,(H,11,12). The van der Waals surface area contributed by atoms with Gasteiger partial charge in [0, 0.05) is 13.7 Å². The molecule has 0 fully saturated rings. The molecule has 0 aliphatic carbocycles. The molecule has 0 heterocycles. The highest BCUT2D eigenvalue weighted by Crippen LogP contribution is 1.88. The largest absolute Gasteiger partial charge is 0.480 e. The lowest BCUT2D eigenvalue weighted by Gasteiger charge is -2.12. The Balaban J connectivity index is 3.71. The van der Waals surface area contributed by atoms with Crippen LogP contribution in [-0.2, 0) is 19.1 Å². The van der Waals surface area contributed by atoms with Crippen LogP contribution in [0.5, 0.6) is 0 Å². The number of carboxylic acid groups (broad SMARTS) is 1. The Morgan fingerprint density at radius 3 is 2.50 bits per heavy atom. The Kier molecular flexibility index (Phi) is 6.69. The number of carboxylic acids is 1. The average molecular weight is 205 g/mol. The van der Waals surface area contributed by atoms with Crippen LogP contribution in [0.15, 0.2) is 0 Å². The zero-order valence-electron chi connectivity index (χ0n) is 8.28. The molecule has 14 heavy (non-hydrogen) atoms. The zero-order chi connectivity index (χ0) is 11.0. The number of rotatable bonds is 7. The van der Waals surface area contributed by atoms with Crippen molar-refractivity contribution >= 4 is 11.9 Å². The Hall–Kier alpha value is -1.14. The first kappa shape index (κ1) is 12.9. The van der Waals surface area contributed by atoms with Crippen molar-refractivity contribution in [1.29, 1.82) is 0 Å². The first-order chi connectivity index (χ1) is 6.61. The molecule has 0 saturated carbocycles. The highest BCUT2D eigenvalue weighted by Gasteiger charge is 2.16. The normalized spacial score (nSPS) is 12.1. The van der Waals surface area contributed by atoms with Gasteiger partial charge in [0.2, 0.25) is 0 Å². The summed E-state index contributed by atoms with van der Waals surface area (Å²) in [7, 11) is 2.70. The number of aliphatic carboxylic acids is 1. The van der Waals surface area contributed by atoms with E-state index in [1.165, 1.54) is 14.2 Å². The summed E-state index contributed by atoms with van der Waals surface area (Å²) in [6.07, 6.45) is 0.143. The van der Waals surface area contributed by atoms with Gasteiger partial charge >= 0.3 is 11.9 Å². The van der Waals surface area contributed by atoms with E-state index in [2.05, 4.69) is 14.8 Å². The van der Waals surface area contributed by atoms with Gasteiger partial charge in [-0.3, -0.25) is 9.59 Å². The van der Waals surface area contributed by atoms with Gasteiger partial charge in [-0.1, -0.05) is 0 Å². The Morgan fingerprint density at radius 2 is 2.07 bits per heavy atom. The number of hydrogen-bond acceptors (Lipinski definition) is 5. The van der Waals surface area contributed by atoms with Gasteiger partial charge in [-0.05, 0) is 0 Å². The molecule has 0 aliphatic rings. The quantitative estimate of drug-likeness (QED) is 0.531. The van der Waals surface area contributed by atoms with E-state index in [4.69, 9.17) is 5.11 Å². The minimum Gasteiger partial charge on any atom is -0.480 e. The van der Waals surface area contributed by atoms with E-state index >= 15 is 0 Å². The SMILES string of the molecule is COCC(NCCC(=O)OC)C(=O)O. The summed E-state index contributed by atoms with van der Waals surface area (Å²) in [6, 6.07) is -0.787. The van der Waals surface area contributed by atoms with Gasteiger partial charge in [0.15, 0.2) is 0 Å². The Bertz CT molecular complexity index is 194. The molecular formula is C8H15NO5. The van der Waals surface area contributed by atoms with Crippen LogP contribution in [0.4, 0.5) is 0 Å². The lowest BCUT2D eigenvalue weighted by atomic mass is 10.3. The maximum Gasteiger partial charge on any atom is 0.323 e.